The summed E-state index contributed by atoms with van der Waals surface area (Å²) in [5, 5.41) is 1.06. The fourth-order valence-corrected chi connectivity index (χ4v) is 3.63. The Kier molecular flexibility index (Phi) is 5.26. The molecule has 0 bridgehead atoms. The molecule has 0 aliphatic carbocycles. The number of nitrogens with zero attached hydrogens (tertiary/aromatic N) is 3. The van der Waals surface area contributed by atoms with E-state index >= 15 is 0 Å². The number of carbonyl (C=O) groups excluding carboxylic acids is 1. The van der Waals surface area contributed by atoms with Gasteiger partial charge in [-0.1, -0.05) is 48.5 Å². The number of aromatic nitrogens is 2. The Hall–Kier alpha value is -2.92. The lowest BCUT2D eigenvalue weighted by Gasteiger charge is -2.21. The van der Waals surface area contributed by atoms with Crippen molar-refractivity contribution in [2.75, 3.05) is 11.4 Å². The van der Waals surface area contributed by atoms with Crippen LogP contribution in [0.15, 0.2) is 83.5 Å². The van der Waals surface area contributed by atoms with E-state index in [1.54, 1.807) is 11.1 Å². The largest absolute Gasteiger partial charge is 0.332 e. The zero-order chi connectivity index (χ0) is 19.5. The van der Waals surface area contributed by atoms with Crippen LogP contribution in [-0.4, -0.2) is 22.0 Å². The first-order valence-corrected chi connectivity index (χ1v) is 10.0. The molecule has 0 unspecified atom stereocenters. The number of fused-ring (bicyclic) bond motifs is 1. The first-order chi connectivity index (χ1) is 13.7. The molecule has 140 valence electrons. The highest BCUT2D eigenvalue weighted by Crippen LogP contribution is 2.24. The Balaban J connectivity index is 1.79. The number of halogens is 1. The zero-order valence-corrected chi connectivity index (χ0v) is 17.1. The third-order valence-electron chi connectivity index (χ3n) is 4.76. The average molecular weight is 434 g/mol. The van der Waals surface area contributed by atoms with Gasteiger partial charge in [0.1, 0.15) is 11.5 Å². The molecule has 2 aromatic heterocycles. The van der Waals surface area contributed by atoms with Crippen molar-refractivity contribution in [1.29, 1.82) is 0 Å². The average Bonchev–Trinajstić information content (AvgIpc) is 3.09. The molecular weight excluding hydrogens is 414 g/mol. The second-order valence-corrected chi connectivity index (χ2v) is 7.46. The maximum atomic E-state index is 13.5. The van der Waals surface area contributed by atoms with Crippen LogP contribution in [0.5, 0.6) is 0 Å². The monoisotopic (exact) mass is 433 g/mol. The molecule has 5 heteroatoms. The quantitative estimate of drug-likeness (QED) is 0.415. The van der Waals surface area contributed by atoms with Crippen LogP contribution in [0.4, 0.5) is 5.82 Å². The molecule has 4 nitrogen and oxygen atoms in total. The van der Waals surface area contributed by atoms with Crippen molar-refractivity contribution in [3.63, 3.8) is 0 Å². The molecule has 2 heterocycles. The first-order valence-electron chi connectivity index (χ1n) is 9.23. The predicted molar refractivity (Wildman–Crippen MR) is 117 cm³/mol. The van der Waals surface area contributed by atoms with Gasteiger partial charge in [0.2, 0.25) is 0 Å². The molecule has 0 spiro atoms. The van der Waals surface area contributed by atoms with Gasteiger partial charge in [0.15, 0.2) is 0 Å². The number of anilines is 1. The molecule has 0 aliphatic heterocycles. The summed E-state index contributed by atoms with van der Waals surface area (Å²) in [6, 6.07) is 24.0. The van der Waals surface area contributed by atoms with Crippen molar-refractivity contribution in [1.82, 2.24) is 9.55 Å². The van der Waals surface area contributed by atoms with Crippen molar-refractivity contribution in [3.05, 3.63) is 94.7 Å². The number of hydrogen-bond acceptors (Lipinski definition) is 2. The Morgan fingerprint density at radius 2 is 1.79 bits per heavy atom. The minimum absolute atomic E-state index is 0.0514. The van der Waals surface area contributed by atoms with Gasteiger partial charge in [0.05, 0.1) is 0 Å². The van der Waals surface area contributed by atoms with Crippen molar-refractivity contribution in [2.24, 2.45) is 0 Å². The maximum absolute atomic E-state index is 13.5. The third kappa shape index (κ3) is 3.58. The number of pyridine rings is 1. The minimum Gasteiger partial charge on any atom is -0.332 e. The Bertz CT molecular complexity index is 1100. The van der Waals surface area contributed by atoms with E-state index in [9.17, 15) is 4.79 Å². The van der Waals surface area contributed by atoms with Crippen LogP contribution in [0.25, 0.3) is 10.9 Å². The van der Waals surface area contributed by atoms with Gasteiger partial charge in [-0.05, 0) is 52.7 Å². The number of rotatable bonds is 5. The van der Waals surface area contributed by atoms with Crippen molar-refractivity contribution in [3.8, 4) is 0 Å². The topological polar surface area (TPSA) is 38.1 Å². The molecular formula is C23H20BrN3O. The second-order valence-electron chi connectivity index (χ2n) is 6.54. The molecule has 0 N–H and O–H groups in total. The predicted octanol–water partition coefficient (Wildman–Crippen LogP) is 5.51. The number of carbonyl (C=O) groups is 1. The number of para-hydroxylation sites is 1. The Morgan fingerprint density at radius 3 is 2.50 bits per heavy atom. The standard InChI is InChI=1S/C23H20BrN3O/c1-2-26(22-13-12-19(24)15-25-22)23(28)21-14-18-10-6-7-11-20(18)27(21)16-17-8-4-3-5-9-17/h3-15H,2,16H2,1H3. The zero-order valence-electron chi connectivity index (χ0n) is 15.5. The van der Waals surface area contributed by atoms with E-state index < -0.39 is 0 Å². The van der Waals surface area contributed by atoms with E-state index in [2.05, 4.69) is 43.7 Å². The molecule has 1 amide bonds. The molecule has 0 saturated carbocycles. The van der Waals surface area contributed by atoms with Crippen LogP contribution in [0.2, 0.25) is 0 Å². The van der Waals surface area contributed by atoms with Gasteiger partial charge in [-0.25, -0.2) is 4.98 Å². The van der Waals surface area contributed by atoms with Crippen molar-refractivity contribution < 1.29 is 4.79 Å². The summed E-state index contributed by atoms with van der Waals surface area (Å²) >= 11 is 3.40. The highest BCUT2D eigenvalue weighted by atomic mass is 79.9. The first kappa shape index (κ1) is 18.4. The van der Waals surface area contributed by atoms with Crippen molar-refractivity contribution in [2.45, 2.75) is 13.5 Å². The second kappa shape index (κ2) is 7.98. The lowest BCUT2D eigenvalue weighted by atomic mass is 10.2. The Morgan fingerprint density at radius 1 is 1.04 bits per heavy atom. The van der Waals surface area contributed by atoms with E-state index in [4.69, 9.17) is 0 Å². The van der Waals surface area contributed by atoms with Gasteiger partial charge in [0, 0.05) is 34.7 Å². The molecule has 28 heavy (non-hydrogen) atoms. The number of hydrogen-bond donors (Lipinski definition) is 0. The normalized spacial score (nSPS) is 10.9. The smallest absolute Gasteiger partial charge is 0.276 e. The van der Waals surface area contributed by atoms with Gasteiger partial charge in [-0.15, -0.1) is 0 Å². The highest BCUT2D eigenvalue weighted by Gasteiger charge is 2.22. The molecule has 0 atom stereocenters. The van der Waals surface area contributed by atoms with Crippen LogP contribution in [0.3, 0.4) is 0 Å². The van der Waals surface area contributed by atoms with Gasteiger partial charge >= 0.3 is 0 Å². The fourth-order valence-electron chi connectivity index (χ4n) is 3.40. The molecule has 0 fully saturated rings. The summed E-state index contributed by atoms with van der Waals surface area (Å²) in [6.07, 6.45) is 1.71. The summed E-state index contributed by atoms with van der Waals surface area (Å²) in [5.74, 6) is 0.594. The fraction of sp³-hybridized carbons (Fsp3) is 0.130. The molecule has 0 saturated heterocycles. The molecule has 0 radical (unpaired) electrons. The van der Waals surface area contributed by atoms with E-state index in [1.165, 1.54) is 0 Å². The van der Waals surface area contributed by atoms with Crippen LogP contribution < -0.4 is 4.90 Å². The van der Waals surface area contributed by atoms with E-state index in [0.29, 0.717) is 24.6 Å². The van der Waals surface area contributed by atoms with Crippen LogP contribution >= 0.6 is 15.9 Å². The van der Waals surface area contributed by atoms with Gasteiger partial charge < -0.3 is 4.57 Å². The summed E-state index contributed by atoms with van der Waals surface area (Å²) in [7, 11) is 0. The van der Waals surface area contributed by atoms with Gasteiger partial charge in [-0.3, -0.25) is 9.69 Å². The van der Waals surface area contributed by atoms with Crippen LogP contribution in [0.1, 0.15) is 23.0 Å². The van der Waals surface area contributed by atoms with Crippen LogP contribution in [0, 0.1) is 0 Å². The van der Waals surface area contributed by atoms with E-state index in [-0.39, 0.29) is 5.91 Å². The molecule has 0 aliphatic rings. The lowest BCUT2D eigenvalue weighted by Crippen LogP contribution is -2.33. The number of benzene rings is 2. The molecule has 4 rings (SSSR count). The Labute approximate surface area is 172 Å². The summed E-state index contributed by atoms with van der Waals surface area (Å²) in [5.41, 5.74) is 2.87. The molecule has 4 aromatic rings. The van der Waals surface area contributed by atoms with Crippen molar-refractivity contribution >= 4 is 38.6 Å². The van der Waals surface area contributed by atoms with Gasteiger partial charge in [-0.2, -0.15) is 0 Å². The number of amides is 1. The summed E-state index contributed by atoms with van der Waals surface area (Å²) < 4.78 is 2.98. The molecule has 2 aromatic carbocycles. The highest BCUT2D eigenvalue weighted by molar-refractivity contribution is 9.10. The van der Waals surface area contributed by atoms with E-state index in [0.717, 1.165) is 20.9 Å². The minimum atomic E-state index is -0.0514. The SMILES string of the molecule is CCN(C(=O)c1cc2ccccc2n1Cc1ccccc1)c1ccc(Br)cn1. The summed E-state index contributed by atoms with van der Waals surface area (Å²) in [4.78, 5) is 19.6. The van der Waals surface area contributed by atoms with E-state index in [1.807, 2.05) is 61.5 Å². The lowest BCUT2D eigenvalue weighted by molar-refractivity contribution is 0.0979. The maximum Gasteiger partial charge on any atom is 0.276 e. The third-order valence-corrected chi connectivity index (χ3v) is 5.23. The summed E-state index contributed by atoms with van der Waals surface area (Å²) in [6.45, 7) is 3.15. The van der Waals surface area contributed by atoms with Gasteiger partial charge in [0.25, 0.3) is 5.91 Å². The van der Waals surface area contributed by atoms with Crippen LogP contribution in [-0.2, 0) is 6.54 Å².